The third-order valence-electron chi connectivity index (χ3n) is 3.74. The summed E-state index contributed by atoms with van der Waals surface area (Å²) in [5.74, 6) is -0.906. The average Bonchev–Trinajstić information content (AvgIpc) is 2.37. The Hall–Kier alpha value is -1.44. The van der Waals surface area contributed by atoms with Crippen LogP contribution in [0.5, 0.6) is 0 Å². The first-order chi connectivity index (χ1) is 9.51. The van der Waals surface area contributed by atoms with Crippen LogP contribution in [0.25, 0.3) is 0 Å². The molecular weight excluding hydrogens is 292 g/mol. The van der Waals surface area contributed by atoms with Crippen molar-refractivity contribution in [3.8, 4) is 0 Å². The summed E-state index contributed by atoms with van der Waals surface area (Å²) in [6, 6.07) is 6.35. The quantitative estimate of drug-likeness (QED) is 0.853. The summed E-state index contributed by atoms with van der Waals surface area (Å²) < 4.78 is 25.2. The molecule has 0 saturated heterocycles. The molecule has 0 aliphatic heterocycles. The van der Waals surface area contributed by atoms with Crippen LogP contribution in [0.1, 0.15) is 18.9 Å². The van der Waals surface area contributed by atoms with E-state index in [1.807, 2.05) is 11.8 Å². The van der Waals surface area contributed by atoms with Gasteiger partial charge < -0.3 is 5.11 Å². The van der Waals surface area contributed by atoms with Gasteiger partial charge in [-0.15, -0.1) is 0 Å². The van der Waals surface area contributed by atoms with Crippen LogP contribution in [0.3, 0.4) is 0 Å². The normalized spacial score (nSPS) is 15.2. The SMILES string of the molecule is CN(C)C(C)(CC(=O)O)c1ccc(S(=O)(=O)N(C)C)cc1. The Balaban J connectivity index is 3.25. The molecule has 1 rings (SSSR count). The number of hydrogen-bond acceptors (Lipinski definition) is 4. The molecule has 0 aliphatic carbocycles. The number of sulfonamides is 1. The molecule has 7 heteroatoms. The van der Waals surface area contributed by atoms with E-state index in [0.717, 1.165) is 9.87 Å². The summed E-state index contributed by atoms with van der Waals surface area (Å²) in [6.45, 7) is 1.82. The van der Waals surface area contributed by atoms with Crippen LogP contribution in [-0.2, 0) is 20.4 Å². The van der Waals surface area contributed by atoms with E-state index in [-0.39, 0.29) is 11.3 Å². The van der Waals surface area contributed by atoms with Gasteiger partial charge in [-0.3, -0.25) is 9.69 Å². The topological polar surface area (TPSA) is 77.9 Å². The first-order valence-electron chi connectivity index (χ1n) is 6.44. The van der Waals surface area contributed by atoms with Crippen molar-refractivity contribution in [3.05, 3.63) is 29.8 Å². The molecule has 1 aromatic rings. The Morgan fingerprint density at radius 3 is 1.95 bits per heavy atom. The maximum absolute atomic E-state index is 12.0. The number of aliphatic carboxylic acids is 1. The first kappa shape index (κ1) is 17.6. The Labute approximate surface area is 126 Å². The Bertz CT molecular complexity index is 608. The lowest BCUT2D eigenvalue weighted by atomic mass is 9.87. The van der Waals surface area contributed by atoms with Crippen molar-refractivity contribution in [2.45, 2.75) is 23.8 Å². The van der Waals surface area contributed by atoms with Crippen molar-refractivity contribution in [2.75, 3.05) is 28.2 Å². The second-order valence-corrected chi connectivity index (χ2v) is 7.70. The molecule has 0 fully saturated rings. The highest BCUT2D eigenvalue weighted by Gasteiger charge is 2.32. The van der Waals surface area contributed by atoms with Crippen molar-refractivity contribution in [2.24, 2.45) is 0 Å². The fourth-order valence-electron chi connectivity index (χ4n) is 2.01. The summed E-state index contributed by atoms with van der Waals surface area (Å²) in [5, 5.41) is 9.09. The maximum Gasteiger partial charge on any atom is 0.305 e. The van der Waals surface area contributed by atoms with Crippen LogP contribution in [0.15, 0.2) is 29.2 Å². The summed E-state index contributed by atoms with van der Waals surface area (Å²) in [4.78, 5) is 13.1. The van der Waals surface area contributed by atoms with Gasteiger partial charge in [0.1, 0.15) is 0 Å². The minimum Gasteiger partial charge on any atom is -0.481 e. The molecular formula is C14H22N2O4S. The molecule has 1 unspecified atom stereocenters. The van der Waals surface area contributed by atoms with Crippen LogP contribution in [0, 0.1) is 0 Å². The molecule has 0 radical (unpaired) electrons. The molecule has 0 amide bonds. The number of benzene rings is 1. The van der Waals surface area contributed by atoms with E-state index in [2.05, 4.69) is 0 Å². The van der Waals surface area contributed by atoms with E-state index >= 15 is 0 Å². The number of rotatable bonds is 6. The van der Waals surface area contributed by atoms with Gasteiger partial charge in [0.25, 0.3) is 0 Å². The zero-order valence-corrected chi connectivity index (χ0v) is 13.8. The standard InChI is InChI=1S/C14H22N2O4S/c1-14(15(2)3,10-13(17)18)11-6-8-12(9-7-11)21(19,20)16(4)5/h6-9H,10H2,1-5H3,(H,17,18). The first-order valence-corrected chi connectivity index (χ1v) is 7.88. The maximum atomic E-state index is 12.0. The van der Waals surface area contributed by atoms with Gasteiger partial charge in [0.2, 0.25) is 10.0 Å². The summed E-state index contributed by atoms with van der Waals surface area (Å²) in [7, 11) is 3.06. The molecule has 0 aliphatic rings. The number of carbonyl (C=O) groups is 1. The van der Waals surface area contributed by atoms with Crippen LogP contribution in [-0.4, -0.2) is 56.9 Å². The molecule has 0 aromatic heterocycles. The lowest BCUT2D eigenvalue weighted by Gasteiger charge is -2.36. The van der Waals surface area contributed by atoms with Crippen molar-refractivity contribution < 1.29 is 18.3 Å². The molecule has 0 saturated carbocycles. The Morgan fingerprint density at radius 1 is 1.14 bits per heavy atom. The lowest BCUT2D eigenvalue weighted by Crippen LogP contribution is -2.40. The molecule has 0 heterocycles. The lowest BCUT2D eigenvalue weighted by molar-refractivity contribution is -0.140. The van der Waals surface area contributed by atoms with Crippen LogP contribution >= 0.6 is 0 Å². The van der Waals surface area contributed by atoms with Crippen LogP contribution in [0.2, 0.25) is 0 Å². The van der Waals surface area contributed by atoms with E-state index in [4.69, 9.17) is 5.11 Å². The van der Waals surface area contributed by atoms with Gasteiger partial charge >= 0.3 is 5.97 Å². The zero-order valence-electron chi connectivity index (χ0n) is 13.0. The van der Waals surface area contributed by atoms with Crippen molar-refractivity contribution in [1.29, 1.82) is 0 Å². The van der Waals surface area contributed by atoms with Crippen LogP contribution in [0.4, 0.5) is 0 Å². The van der Waals surface area contributed by atoms with E-state index in [0.29, 0.717) is 0 Å². The Morgan fingerprint density at radius 2 is 1.62 bits per heavy atom. The van der Waals surface area contributed by atoms with Gasteiger partial charge in [0.05, 0.1) is 16.9 Å². The fourth-order valence-corrected chi connectivity index (χ4v) is 2.91. The van der Waals surface area contributed by atoms with Gasteiger partial charge in [0, 0.05) is 14.1 Å². The van der Waals surface area contributed by atoms with Crippen LogP contribution < -0.4 is 0 Å². The summed E-state index contributed by atoms with van der Waals surface area (Å²) in [6.07, 6.45) is -0.0697. The molecule has 21 heavy (non-hydrogen) atoms. The highest BCUT2D eigenvalue weighted by atomic mass is 32.2. The van der Waals surface area contributed by atoms with E-state index in [1.54, 1.807) is 26.2 Å². The number of hydrogen-bond donors (Lipinski definition) is 1. The monoisotopic (exact) mass is 314 g/mol. The molecule has 1 N–H and O–H groups in total. The second kappa shape index (κ2) is 6.13. The van der Waals surface area contributed by atoms with Crippen molar-refractivity contribution >= 4 is 16.0 Å². The smallest absolute Gasteiger partial charge is 0.305 e. The molecule has 6 nitrogen and oxygen atoms in total. The van der Waals surface area contributed by atoms with E-state index in [9.17, 15) is 13.2 Å². The molecule has 0 spiro atoms. The predicted octanol–water partition coefficient (Wildman–Crippen LogP) is 1.19. The van der Waals surface area contributed by atoms with Gasteiger partial charge in [-0.2, -0.15) is 0 Å². The predicted molar refractivity (Wildman–Crippen MR) is 80.6 cm³/mol. The largest absolute Gasteiger partial charge is 0.481 e. The average molecular weight is 314 g/mol. The minimum atomic E-state index is -3.48. The molecule has 1 atom stereocenters. The van der Waals surface area contributed by atoms with Gasteiger partial charge in [-0.05, 0) is 38.7 Å². The number of carboxylic acid groups (broad SMARTS) is 1. The van der Waals surface area contributed by atoms with E-state index in [1.165, 1.54) is 26.2 Å². The third kappa shape index (κ3) is 3.61. The summed E-state index contributed by atoms with van der Waals surface area (Å²) >= 11 is 0. The second-order valence-electron chi connectivity index (χ2n) is 5.55. The van der Waals surface area contributed by atoms with Crippen molar-refractivity contribution in [1.82, 2.24) is 9.21 Å². The fraction of sp³-hybridized carbons (Fsp3) is 0.500. The zero-order chi connectivity index (χ0) is 16.4. The van der Waals surface area contributed by atoms with Gasteiger partial charge in [-0.25, -0.2) is 12.7 Å². The number of nitrogens with zero attached hydrogens (tertiary/aromatic N) is 2. The van der Waals surface area contributed by atoms with Crippen molar-refractivity contribution in [3.63, 3.8) is 0 Å². The highest BCUT2D eigenvalue weighted by Crippen LogP contribution is 2.30. The minimum absolute atomic E-state index is 0.0697. The molecule has 1 aromatic carbocycles. The summed E-state index contributed by atoms with van der Waals surface area (Å²) in [5.41, 5.74) is 0.0549. The highest BCUT2D eigenvalue weighted by molar-refractivity contribution is 7.89. The Kier molecular flexibility index (Phi) is 5.14. The molecule has 118 valence electrons. The molecule has 0 bridgehead atoms. The van der Waals surface area contributed by atoms with Gasteiger partial charge in [-0.1, -0.05) is 12.1 Å². The van der Waals surface area contributed by atoms with E-state index < -0.39 is 21.5 Å². The third-order valence-corrected chi connectivity index (χ3v) is 5.57. The van der Waals surface area contributed by atoms with Gasteiger partial charge in [0.15, 0.2) is 0 Å². The number of carboxylic acids is 1.